The van der Waals surface area contributed by atoms with Crippen LogP contribution in [-0.4, -0.2) is 27.4 Å². The van der Waals surface area contributed by atoms with Crippen LogP contribution in [0, 0.1) is 20.8 Å². The number of nitrogens with one attached hydrogen (secondary N) is 1. The summed E-state index contributed by atoms with van der Waals surface area (Å²) in [5.74, 6) is 1.10. The van der Waals surface area contributed by atoms with Gasteiger partial charge in [0.15, 0.2) is 5.72 Å². The van der Waals surface area contributed by atoms with E-state index < -0.39 is 5.72 Å². The Bertz CT molecular complexity index is 1060. The third kappa shape index (κ3) is 3.05. The molecule has 0 fully saturated rings. The van der Waals surface area contributed by atoms with Crippen molar-refractivity contribution in [3.05, 3.63) is 58.8 Å². The first-order valence-electron chi connectivity index (χ1n) is 9.71. The monoisotopic (exact) mass is 391 g/mol. The summed E-state index contributed by atoms with van der Waals surface area (Å²) in [5, 5.41) is 17.3. The standard InChI is InChI=1S/C23H25N3O3/c1-14-15(2)22-19(16(3)21(14)28)9-11-23(4,29-22)26(13-27)18-7-5-17(6-8-18)20-10-12-24-25-20/h5-8,10,12-13,28H,9,11H2,1-4H3,(H,24,25). The van der Waals surface area contributed by atoms with Crippen molar-refractivity contribution >= 4 is 12.1 Å². The van der Waals surface area contributed by atoms with Crippen LogP contribution in [-0.2, 0) is 11.2 Å². The summed E-state index contributed by atoms with van der Waals surface area (Å²) in [6.45, 7) is 7.69. The number of aromatic nitrogens is 2. The fraction of sp³-hybridized carbons (Fsp3) is 0.304. The van der Waals surface area contributed by atoms with Crippen LogP contribution in [0.1, 0.15) is 35.6 Å². The van der Waals surface area contributed by atoms with Crippen LogP contribution < -0.4 is 9.64 Å². The van der Waals surface area contributed by atoms with Gasteiger partial charge in [-0.2, -0.15) is 5.10 Å². The molecule has 150 valence electrons. The summed E-state index contributed by atoms with van der Waals surface area (Å²) < 4.78 is 6.44. The fourth-order valence-corrected chi connectivity index (χ4v) is 4.07. The zero-order valence-corrected chi connectivity index (χ0v) is 17.1. The number of aromatic amines is 1. The lowest BCUT2D eigenvalue weighted by molar-refractivity contribution is -0.111. The van der Waals surface area contributed by atoms with E-state index in [0.29, 0.717) is 12.2 Å². The molecule has 29 heavy (non-hydrogen) atoms. The van der Waals surface area contributed by atoms with Crippen LogP contribution in [0.3, 0.4) is 0 Å². The molecule has 1 aromatic heterocycles. The van der Waals surface area contributed by atoms with Crippen molar-refractivity contribution in [2.75, 3.05) is 4.90 Å². The number of hydrogen-bond donors (Lipinski definition) is 2. The molecule has 2 N–H and O–H groups in total. The maximum atomic E-state index is 12.1. The third-order valence-electron chi connectivity index (χ3n) is 6.07. The van der Waals surface area contributed by atoms with E-state index in [4.69, 9.17) is 4.74 Å². The van der Waals surface area contributed by atoms with Crippen molar-refractivity contribution in [3.8, 4) is 22.8 Å². The molecule has 6 nitrogen and oxygen atoms in total. The summed E-state index contributed by atoms with van der Waals surface area (Å²) in [4.78, 5) is 13.7. The Balaban J connectivity index is 1.69. The molecule has 0 aliphatic carbocycles. The predicted molar refractivity (Wildman–Crippen MR) is 112 cm³/mol. The van der Waals surface area contributed by atoms with E-state index in [0.717, 1.165) is 57.8 Å². The molecule has 4 rings (SSSR count). The molecule has 1 aliphatic heterocycles. The van der Waals surface area contributed by atoms with Gasteiger partial charge in [-0.25, -0.2) is 0 Å². The number of benzene rings is 2. The van der Waals surface area contributed by atoms with Crippen molar-refractivity contribution in [2.24, 2.45) is 0 Å². The summed E-state index contributed by atoms with van der Waals surface area (Å²) in [7, 11) is 0. The van der Waals surface area contributed by atoms with Crippen molar-refractivity contribution in [1.82, 2.24) is 10.2 Å². The summed E-state index contributed by atoms with van der Waals surface area (Å²) in [6.07, 6.45) is 3.89. The number of aromatic hydroxyl groups is 1. The molecular weight excluding hydrogens is 366 g/mol. The summed E-state index contributed by atoms with van der Waals surface area (Å²) in [5.41, 5.74) is 5.46. The number of hydrogen-bond acceptors (Lipinski definition) is 4. The number of carbonyl (C=O) groups excluding carboxylic acids is 1. The molecule has 1 amide bonds. The first-order chi connectivity index (χ1) is 13.9. The second-order valence-corrected chi connectivity index (χ2v) is 7.80. The van der Waals surface area contributed by atoms with E-state index in [1.54, 1.807) is 11.1 Å². The van der Waals surface area contributed by atoms with Crippen molar-refractivity contribution < 1.29 is 14.6 Å². The van der Waals surface area contributed by atoms with Gasteiger partial charge in [0, 0.05) is 23.9 Å². The smallest absolute Gasteiger partial charge is 0.217 e. The quantitative estimate of drug-likeness (QED) is 0.646. The van der Waals surface area contributed by atoms with Gasteiger partial charge in [-0.05, 0) is 74.6 Å². The molecule has 2 aromatic carbocycles. The second kappa shape index (κ2) is 6.95. The number of phenolic OH excluding ortho intramolecular Hbond substituents is 1. The molecule has 0 spiro atoms. The van der Waals surface area contributed by atoms with Gasteiger partial charge in [-0.1, -0.05) is 12.1 Å². The van der Waals surface area contributed by atoms with Crippen molar-refractivity contribution in [3.63, 3.8) is 0 Å². The highest BCUT2D eigenvalue weighted by Crippen LogP contribution is 2.44. The molecule has 3 aromatic rings. The van der Waals surface area contributed by atoms with Gasteiger partial charge >= 0.3 is 0 Å². The van der Waals surface area contributed by atoms with Gasteiger partial charge in [0.25, 0.3) is 0 Å². The SMILES string of the molecule is Cc1c(C)c2c(c(C)c1O)CCC(C)(N(C=O)c1ccc(-c3ccn[nH]3)cc1)O2. The highest BCUT2D eigenvalue weighted by Gasteiger charge is 2.40. The number of ether oxygens (including phenoxy) is 1. The topological polar surface area (TPSA) is 78.5 Å². The van der Waals surface area contributed by atoms with Crippen LogP contribution in [0.2, 0.25) is 0 Å². The summed E-state index contributed by atoms with van der Waals surface area (Å²) >= 11 is 0. The van der Waals surface area contributed by atoms with Crippen LogP contribution in [0.25, 0.3) is 11.3 Å². The number of amides is 1. The lowest BCUT2D eigenvalue weighted by Gasteiger charge is -2.43. The molecule has 1 unspecified atom stereocenters. The van der Waals surface area contributed by atoms with E-state index in [-0.39, 0.29) is 0 Å². The van der Waals surface area contributed by atoms with E-state index in [1.165, 1.54) is 0 Å². The molecular formula is C23H25N3O3. The number of fused-ring (bicyclic) bond motifs is 1. The number of phenols is 1. The van der Waals surface area contributed by atoms with Gasteiger partial charge in [-0.3, -0.25) is 14.8 Å². The number of carbonyl (C=O) groups is 1. The molecule has 2 heterocycles. The molecule has 1 atom stereocenters. The zero-order valence-electron chi connectivity index (χ0n) is 17.1. The van der Waals surface area contributed by atoms with E-state index in [2.05, 4.69) is 10.2 Å². The predicted octanol–water partition coefficient (Wildman–Crippen LogP) is 4.41. The normalized spacial score (nSPS) is 18.1. The third-order valence-corrected chi connectivity index (χ3v) is 6.07. The molecule has 0 saturated heterocycles. The minimum atomic E-state index is -0.815. The molecule has 1 aliphatic rings. The largest absolute Gasteiger partial charge is 0.507 e. The maximum absolute atomic E-state index is 12.1. The lowest BCUT2D eigenvalue weighted by Crippen LogP contribution is -2.52. The minimum absolute atomic E-state index is 0.329. The number of anilines is 1. The highest BCUT2D eigenvalue weighted by atomic mass is 16.5. The average molecular weight is 391 g/mol. The first-order valence-corrected chi connectivity index (χ1v) is 9.71. The van der Waals surface area contributed by atoms with Gasteiger partial charge in [0.05, 0.1) is 5.69 Å². The highest BCUT2D eigenvalue weighted by molar-refractivity contribution is 5.78. The van der Waals surface area contributed by atoms with Crippen LogP contribution in [0.5, 0.6) is 11.5 Å². The van der Waals surface area contributed by atoms with E-state index in [1.807, 2.05) is 58.0 Å². The molecule has 0 radical (unpaired) electrons. The molecule has 6 heteroatoms. The Morgan fingerprint density at radius 3 is 2.48 bits per heavy atom. The van der Waals surface area contributed by atoms with Crippen LogP contribution in [0.4, 0.5) is 5.69 Å². The first kappa shape index (κ1) is 19.1. The van der Waals surface area contributed by atoms with E-state index >= 15 is 0 Å². The number of rotatable bonds is 4. The fourth-order valence-electron chi connectivity index (χ4n) is 4.07. The van der Waals surface area contributed by atoms with Crippen molar-refractivity contribution in [2.45, 2.75) is 46.3 Å². The lowest BCUT2D eigenvalue weighted by atomic mass is 9.89. The van der Waals surface area contributed by atoms with Gasteiger partial charge < -0.3 is 9.84 Å². The van der Waals surface area contributed by atoms with E-state index in [9.17, 15) is 9.90 Å². The minimum Gasteiger partial charge on any atom is -0.507 e. The average Bonchev–Trinajstić information content (AvgIpc) is 3.26. The molecule has 0 bridgehead atoms. The Morgan fingerprint density at radius 2 is 1.86 bits per heavy atom. The number of nitrogens with zero attached hydrogens (tertiary/aromatic N) is 2. The van der Waals surface area contributed by atoms with Gasteiger partial charge in [0.2, 0.25) is 6.41 Å². The Labute approximate surface area is 170 Å². The second-order valence-electron chi connectivity index (χ2n) is 7.80. The van der Waals surface area contributed by atoms with Crippen LogP contribution in [0.15, 0.2) is 36.5 Å². The van der Waals surface area contributed by atoms with Crippen LogP contribution >= 0.6 is 0 Å². The number of H-pyrrole nitrogens is 1. The zero-order chi connectivity index (χ0) is 20.8. The Morgan fingerprint density at radius 1 is 1.14 bits per heavy atom. The summed E-state index contributed by atoms with van der Waals surface area (Å²) in [6, 6.07) is 9.63. The van der Waals surface area contributed by atoms with Gasteiger partial charge in [0.1, 0.15) is 11.5 Å². The molecule has 0 saturated carbocycles. The maximum Gasteiger partial charge on any atom is 0.217 e. The van der Waals surface area contributed by atoms with Gasteiger partial charge in [-0.15, -0.1) is 0 Å². The Kier molecular flexibility index (Phi) is 4.57. The Hall–Kier alpha value is -3.28. The van der Waals surface area contributed by atoms with Crippen molar-refractivity contribution in [1.29, 1.82) is 0 Å².